The van der Waals surface area contributed by atoms with Crippen LogP contribution in [0.25, 0.3) is 0 Å². The molecule has 10 atom stereocenters. The van der Waals surface area contributed by atoms with E-state index in [0.717, 1.165) is 62.5 Å². The second kappa shape index (κ2) is 13.9. The molecule has 3 N–H and O–H groups in total. The number of hydrogen-bond donors (Lipinski definition) is 3. The predicted molar refractivity (Wildman–Crippen MR) is 223 cm³/mol. The van der Waals surface area contributed by atoms with Crippen LogP contribution in [0.4, 0.5) is 0 Å². The van der Waals surface area contributed by atoms with E-state index in [4.69, 9.17) is 16.3 Å². The number of carboxylic acid groups (broad SMARTS) is 1. The Morgan fingerprint density at radius 2 is 1.53 bits per heavy atom. The zero-order valence-corrected chi connectivity index (χ0v) is 37.3. The molecule has 7 rings (SSSR count). The van der Waals surface area contributed by atoms with Crippen molar-refractivity contribution >= 4 is 35.2 Å². The maximum atomic E-state index is 14.4. The average molecular weight is 806 g/mol. The van der Waals surface area contributed by atoms with Crippen molar-refractivity contribution in [2.45, 2.75) is 164 Å². The Morgan fingerprint density at radius 1 is 0.860 bits per heavy atom. The molecule has 0 radical (unpaired) electrons. The maximum Gasteiger partial charge on any atom is 0.309 e. The molecule has 5 saturated carbocycles. The van der Waals surface area contributed by atoms with Crippen molar-refractivity contribution in [3.8, 4) is 0 Å². The largest absolute Gasteiger partial charge is 0.481 e. The number of esters is 1. The molecule has 9 heteroatoms. The molecule has 8 nitrogen and oxygen atoms in total. The number of nitrogens with one attached hydrogen (secondary N) is 2. The van der Waals surface area contributed by atoms with E-state index in [9.17, 15) is 24.3 Å². The number of ketones is 1. The molecule has 0 unspecified atom stereocenters. The van der Waals surface area contributed by atoms with Crippen LogP contribution >= 0.6 is 11.6 Å². The van der Waals surface area contributed by atoms with Crippen molar-refractivity contribution < 1.29 is 29.0 Å². The lowest BCUT2D eigenvalue weighted by Crippen LogP contribution is -2.68. The summed E-state index contributed by atoms with van der Waals surface area (Å²) in [5.74, 6) is -0.736. The minimum Gasteiger partial charge on any atom is -0.481 e. The van der Waals surface area contributed by atoms with Gasteiger partial charge in [0.05, 0.1) is 22.9 Å². The Bertz CT molecular complexity index is 1860. The van der Waals surface area contributed by atoms with E-state index < -0.39 is 28.4 Å². The first kappa shape index (κ1) is 42.4. The number of benzene rings is 1. The quantitative estimate of drug-likeness (QED) is 0.213. The van der Waals surface area contributed by atoms with Gasteiger partial charge in [-0.05, 0) is 146 Å². The monoisotopic (exact) mass is 804 g/mol. The van der Waals surface area contributed by atoms with E-state index in [-0.39, 0.29) is 63.2 Å². The Labute approximate surface area is 346 Å². The summed E-state index contributed by atoms with van der Waals surface area (Å²) in [6.07, 6.45) is 8.16. The van der Waals surface area contributed by atoms with Crippen LogP contribution in [0.1, 0.15) is 146 Å². The Balaban J connectivity index is 1.13. The van der Waals surface area contributed by atoms with Gasteiger partial charge in [0.2, 0.25) is 5.91 Å². The zero-order chi connectivity index (χ0) is 41.9. The third-order valence-electron chi connectivity index (χ3n) is 18.0. The summed E-state index contributed by atoms with van der Waals surface area (Å²) < 4.78 is 6.42. The van der Waals surface area contributed by atoms with Crippen LogP contribution in [-0.4, -0.2) is 45.9 Å². The van der Waals surface area contributed by atoms with Crippen LogP contribution in [0.5, 0.6) is 0 Å². The minimum absolute atomic E-state index is 0.0266. The van der Waals surface area contributed by atoms with Gasteiger partial charge in [-0.2, -0.15) is 0 Å². The fourth-order valence-corrected chi connectivity index (χ4v) is 14.4. The van der Waals surface area contributed by atoms with E-state index in [1.165, 1.54) is 5.57 Å². The third-order valence-corrected chi connectivity index (χ3v) is 18.3. The number of allylic oxidation sites excluding steroid dienone is 1. The molecule has 0 aromatic heterocycles. The molecule has 1 aromatic carbocycles. The minimum atomic E-state index is -0.866. The van der Waals surface area contributed by atoms with E-state index in [1.807, 2.05) is 52.0 Å². The van der Waals surface area contributed by atoms with Crippen molar-refractivity contribution in [2.75, 3.05) is 0 Å². The Hall–Kier alpha value is -2.71. The van der Waals surface area contributed by atoms with Crippen molar-refractivity contribution in [3.63, 3.8) is 0 Å². The molecule has 6 aliphatic carbocycles. The standard InChI is InChI=1S/C48H69ClN2O6/c1-27(2)37-33(52)25-48(51-41(56)44(7,8)50-26-28-12-14-29(49)15-13-28)23-22-46(10)30(38(37)48)16-17-35-45(9)20-19-36(43(5,6)34(45)18-21-47(35,46)11)57-40(55)32-24-31(39(53)54)42(32,3)4/h12-15,27,30-32,34-36,50H,16-26H2,1-11H3,(H,51,56)(H,53,54)/t30-,31+,32-,34+,35-,36+,45+,46-,47-,48-/m1/s1. The van der Waals surface area contributed by atoms with Gasteiger partial charge in [0, 0.05) is 23.4 Å². The molecule has 0 heterocycles. The normalized spacial score (nSPS) is 39.3. The smallest absolute Gasteiger partial charge is 0.309 e. The lowest BCUT2D eigenvalue weighted by molar-refractivity contribution is -0.235. The van der Waals surface area contributed by atoms with Gasteiger partial charge >= 0.3 is 11.9 Å². The number of aliphatic carboxylic acids is 1. The van der Waals surface area contributed by atoms with Gasteiger partial charge in [-0.1, -0.05) is 86.0 Å². The van der Waals surface area contributed by atoms with Crippen molar-refractivity contribution in [3.05, 3.63) is 46.0 Å². The highest BCUT2D eigenvalue weighted by Gasteiger charge is 2.70. The highest BCUT2D eigenvalue weighted by molar-refractivity contribution is 6.30. The predicted octanol–water partition coefficient (Wildman–Crippen LogP) is 9.72. The lowest BCUT2D eigenvalue weighted by atomic mass is 9.33. The molecule has 0 bridgehead atoms. The second-order valence-corrected chi connectivity index (χ2v) is 22.6. The van der Waals surface area contributed by atoms with E-state index >= 15 is 0 Å². The van der Waals surface area contributed by atoms with E-state index in [1.54, 1.807) is 0 Å². The fraction of sp³-hybridized carbons (Fsp3) is 0.750. The van der Waals surface area contributed by atoms with Gasteiger partial charge in [-0.25, -0.2) is 0 Å². The van der Waals surface area contributed by atoms with Crippen molar-refractivity contribution in [2.24, 2.45) is 62.6 Å². The molecule has 57 heavy (non-hydrogen) atoms. The highest BCUT2D eigenvalue weighted by atomic mass is 35.5. The summed E-state index contributed by atoms with van der Waals surface area (Å²) >= 11 is 6.12. The molecular formula is C48H69ClN2O6. The number of ether oxygens (including phenoxy) is 1. The summed E-state index contributed by atoms with van der Waals surface area (Å²) in [6.45, 7) is 24.7. The maximum absolute atomic E-state index is 14.4. The number of fused-ring (bicyclic) bond motifs is 7. The molecule has 0 saturated heterocycles. The molecular weight excluding hydrogens is 736 g/mol. The van der Waals surface area contributed by atoms with Crippen molar-refractivity contribution in [1.82, 2.24) is 10.6 Å². The summed E-state index contributed by atoms with van der Waals surface area (Å²) in [5, 5.41) is 17.4. The number of Topliss-reactive ketones (excluding diaryl/α,β-unsaturated/α-hetero) is 1. The highest BCUT2D eigenvalue weighted by Crippen LogP contribution is 2.76. The number of carboxylic acids is 1. The molecule has 1 aromatic rings. The second-order valence-electron chi connectivity index (χ2n) is 22.1. The first-order valence-corrected chi connectivity index (χ1v) is 22.3. The number of amides is 1. The molecule has 0 spiro atoms. The Morgan fingerprint density at radius 3 is 2.14 bits per heavy atom. The topological polar surface area (TPSA) is 122 Å². The van der Waals surface area contributed by atoms with Crippen LogP contribution in [-0.2, 0) is 30.5 Å². The van der Waals surface area contributed by atoms with E-state index in [0.29, 0.717) is 36.2 Å². The summed E-state index contributed by atoms with van der Waals surface area (Å²) in [7, 11) is 0. The number of hydrogen-bond acceptors (Lipinski definition) is 6. The number of carbonyl (C=O) groups excluding carboxylic acids is 3. The first-order valence-electron chi connectivity index (χ1n) is 21.9. The summed E-state index contributed by atoms with van der Waals surface area (Å²) in [6, 6.07) is 7.66. The number of rotatable bonds is 9. The van der Waals surface area contributed by atoms with Crippen LogP contribution < -0.4 is 10.6 Å². The van der Waals surface area contributed by atoms with Crippen LogP contribution in [0.15, 0.2) is 35.4 Å². The van der Waals surface area contributed by atoms with E-state index in [2.05, 4.69) is 59.1 Å². The third kappa shape index (κ3) is 6.38. The average Bonchev–Trinajstić information content (AvgIpc) is 3.40. The lowest BCUT2D eigenvalue weighted by Gasteiger charge is -2.72. The van der Waals surface area contributed by atoms with Crippen LogP contribution in [0.2, 0.25) is 5.02 Å². The summed E-state index contributed by atoms with van der Waals surface area (Å²) in [5.41, 5.74) is 0.873. The molecule has 6 aliphatic rings. The number of halogens is 1. The number of carbonyl (C=O) groups is 4. The van der Waals surface area contributed by atoms with Gasteiger partial charge < -0.3 is 15.2 Å². The summed E-state index contributed by atoms with van der Waals surface area (Å²) in [4.78, 5) is 54.0. The van der Waals surface area contributed by atoms with Gasteiger partial charge in [0.25, 0.3) is 0 Å². The molecule has 0 aliphatic heterocycles. The molecule has 5 fully saturated rings. The SMILES string of the molecule is CC(C)C1=C2[C@H]3CC[C@@H]4[C@@]5(C)CC[C@H](OC(=O)[C@H]6C[C@@H](C(=O)O)C6(C)C)C(C)(C)[C@@H]5CC[C@@]4(C)[C@]3(C)CC[C@@]2(NC(=O)C(C)(C)NCc2ccc(Cl)cc2)CC1=O. The van der Waals surface area contributed by atoms with Gasteiger partial charge in [0.1, 0.15) is 6.10 Å². The van der Waals surface area contributed by atoms with Crippen LogP contribution in [0.3, 0.4) is 0 Å². The molecule has 1 amide bonds. The fourth-order valence-electron chi connectivity index (χ4n) is 14.3. The van der Waals surface area contributed by atoms with Gasteiger partial charge in [-0.3, -0.25) is 24.5 Å². The van der Waals surface area contributed by atoms with Crippen LogP contribution in [0, 0.1) is 62.6 Å². The Kier molecular flexibility index (Phi) is 10.4. The van der Waals surface area contributed by atoms with Gasteiger partial charge in [-0.15, -0.1) is 0 Å². The zero-order valence-electron chi connectivity index (χ0n) is 36.5. The van der Waals surface area contributed by atoms with Gasteiger partial charge in [0.15, 0.2) is 5.78 Å². The van der Waals surface area contributed by atoms with Crippen molar-refractivity contribution in [1.29, 1.82) is 0 Å². The first-order chi connectivity index (χ1) is 26.4. The molecule has 314 valence electrons.